The fraction of sp³-hybridized carbons (Fsp3) is 0.742. The lowest BCUT2D eigenvalue weighted by Gasteiger charge is -2.18. The van der Waals surface area contributed by atoms with Crippen molar-refractivity contribution in [3.63, 3.8) is 0 Å². The summed E-state index contributed by atoms with van der Waals surface area (Å²) in [5.74, 6) is -0.914. The van der Waals surface area contributed by atoms with Gasteiger partial charge in [0.2, 0.25) is 0 Å². The summed E-state index contributed by atoms with van der Waals surface area (Å²) in [6.45, 7) is 6.54. The number of carbonyl (C=O) groups excluding carboxylic acids is 3. The number of esters is 3. The third kappa shape index (κ3) is 57.5. The molecular formula is C66H114O6. The van der Waals surface area contributed by atoms with E-state index in [0.717, 1.165) is 128 Å². The van der Waals surface area contributed by atoms with Gasteiger partial charge in [0.15, 0.2) is 6.10 Å². The van der Waals surface area contributed by atoms with Crippen LogP contribution in [-0.2, 0) is 28.6 Å². The van der Waals surface area contributed by atoms with Gasteiger partial charge in [-0.05, 0) is 116 Å². The van der Waals surface area contributed by atoms with Gasteiger partial charge in [-0.15, -0.1) is 0 Å². The molecule has 414 valence electrons. The van der Waals surface area contributed by atoms with E-state index >= 15 is 0 Å². The van der Waals surface area contributed by atoms with Crippen LogP contribution in [0.2, 0.25) is 0 Å². The van der Waals surface area contributed by atoms with Crippen molar-refractivity contribution in [1.82, 2.24) is 0 Å². The molecule has 0 heterocycles. The van der Waals surface area contributed by atoms with Gasteiger partial charge in [0, 0.05) is 19.3 Å². The molecule has 1 atom stereocenters. The highest BCUT2D eigenvalue weighted by Gasteiger charge is 2.19. The van der Waals surface area contributed by atoms with E-state index < -0.39 is 6.10 Å². The largest absolute Gasteiger partial charge is 0.462 e. The molecule has 6 heteroatoms. The minimum Gasteiger partial charge on any atom is -0.462 e. The molecule has 0 amide bonds. The van der Waals surface area contributed by atoms with Gasteiger partial charge in [-0.1, -0.05) is 247 Å². The zero-order valence-corrected chi connectivity index (χ0v) is 47.4. The van der Waals surface area contributed by atoms with Crippen LogP contribution in [0.1, 0.15) is 297 Å². The van der Waals surface area contributed by atoms with Gasteiger partial charge in [-0.2, -0.15) is 0 Å². The molecule has 0 aliphatic carbocycles. The fourth-order valence-electron chi connectivity index (χ4n) is 8.46. The lowest BCUT2D eigenvalue weighted by molar-refractivity contribution is -0.167. The van der Waals surface area contributed by atoms with Crippen LogP contribution in [0.15, 0.2) is 85.1 Å². The maximum Gasteiger partial charge on any atom is 0.306 e. The summed E-state index contributed by atoms with van der Waals surface area (Å²) in [5, 5.41) is 0. The van der Waals surface area contributed by atoms with Crippen molar-refractivity contribution in [3.8, 4) is 0 Å². The average Bonchev–Trinajstić information content (AvgIpc) is 3.38. The lowest BCUT2D eigenvalue weighted by atomic mass is 10.1. The number of carbonyl (C=O) groups is 3. The highest BCUT2D eigenvalue weighted by atomic mass is 16.6. The highest BCUT2D eigenvalue weighted by Crippen LogP contribution is 2.15. The van der Waals surface area contributed by atoms with E-state index in [9.17, 15) is 14.4 Å². The Balaban J connectivity index is 4.33. The maximum absolute atomic E-state index is 12.9. The van der Waals surface area contributed by atoms with Crippen LogP contribution in [0.25, 0.3) is 0 Å². The van der Waals surface area contributed by atoms with Crippen LogP contribution >= 0.6 is 0 Å². The van der Waals surface area contributed by atoms with E-state index in [1.54, 1.807) is 0 Å². The third-order valence-corrected chi connectivity index (χ3v) is 13.1. The molecule has 0 bridgehead atoms. The van der Waals surface area contributed by atoms with Gasteiger partial charge in [-0.25, -0.2) is 0 Å². The second-order valence-electron chi connectivity index (χ2n) is 20.2. The van der Waals surface area contributed by atoms with E-state index in [4.69, 9.17) is 14.2 Å². The van der Waals surface area contributed by atoms with Gasteiger partial charge < -0.3 is 14.2 Å². The number of ether oxygens (including phenoxy) is 3. The van der Waals surface area contributed by atoms with Gasteiger partial charge in [-0.3, -0.25) is 14.4 Å². The third-order valence-electron chi connectivity index (χ3n) is 13.1. The molecular weight excluding hydrogens is 889 g/mol. The fourth-order valence-corrected chi connectivity index (χ4v) is 8.46. The first-order valence-corrected chi connectivity index (χ1v) is 30.6. The van der Waals surface area contributed by atoms with Crippen molar-refractivity contribution in [2.24, 2.45) is 0 Å². The van der Waals surface area contributed by atoms with Crippen molar-refractivity contribution >= 4 is 17.9 Å². The molecule has 0 fully saturated rings. The molecule has 0 aromatic heterocycles. The molecule has 0 aliphatic rings. The molecule has 0 saturated carbocycles. The molecule has 0 radical (unpaired) electrons. The molecule has 1 unspecified atom stereocenters. The summed E-state index contributed by atoms with van der Waals surface area (Å²) in [4.78, 5) is 38.2. The van der Waals surface area contributed by atoms with Crippen LogP contribution in [0, 0.1) is 0 Å². The molecule has 0 saturated heterocycles. The van der Waals surface area contributed by atoms with Crippen molar-refractivity contribution in [3.05, 3.63) is 85.1 Å². The van der Waals surface area contributed by atoms with Gasteiger partial charge in [0.05, 0.1) is 0 Å². The maximum atomic E-state index is 12.9. The van der Waals surface area contributed by atoms with Crippen molar-refractivity contribution in [1.29, 1.82) is 0 Å². The molecule has 72 heavy (non-hydrogen) atoms. The zero-order chi connectivity index (χ0) is 52.2. The summed E-state index contributed by atoms with van der Waals surface area (Å²) >= 11 is 0. The molecule has 0 rings (SSSR count). The van der Waals surface area contributed by atoms with Crippen LogP contribution in [0.4, 0.5) is 0 Å². The van der Waals surface area contributed by atoms with Crippen LogP contribution in [0.3, 0.4) is 0 Å². The van der Waals surface area contributed by atoms with Crippen LogP contribution in [-0.4, -0.2) is 37.2 Å². The average molecular weight is 1000 g/mol. The Bertz CT molecular complexity index is 1380. The Kier molecular flexibility index (Phi) is 57.3. The van der Waals surface area contributed by atoms with Gasteiger partial charge in [0.25, 0.3) is 0 Å². The second-order valence-corrected chi connectivity index (χ2v) is 20.2. The number of hydrogen-bond acceptors (Lipinski definition) is 6. The summed E-state index contributed by atoms with van der Waals surface area (Å²) in [5.41, 5.74) is 0. The number of hydrogen-bond donors (Lipinski definition) is 0. The molecule has 0 spiro atoms. The lowest BCUT2D eigenvalue weighted by Crippen LogP contribution is -2.30. The summed E-state index contributed by atoms with van der Waals surface area (Å²) in [7, 11) is 0. The molecule has 0 aromatic rings. The summed E-state index contributed by atoms with van der Waals surface area (Å²) in [6.07, 6.45) is 78.6. The Morgan fingerprint density at radius 3 is 0.847 bits per heavy atom. The SMILES string of the molecule is CCC/C=C\C/C=C\CCCCCCCC(=O)OCC(COC(=O)CCCCCCCCCCCC/C=C\C/C=C\C/C=C\CCCCCCC)OC(=O)CCCCCCC/C=C\C/C=C\CCCCCC. The first kappa shape index (κ1) is 68.6. The first-order chi connectivity index (χ1) is 35.5. The van der Waals surface area contributed by atoms with Gasteiger partial charge >= 0.3 is 17.9 Å². The Labute approximate surface area is 445 Å². The normalized spacial score (nSPS) is 12.7. The Morgan fingerprint density at radius 2 is 0.528 bits per heavy atom. The van der Waals surface area contributed by atoms with E-state index in [1.807, 2.05) is 0 Å². The van der Waals surface area contributed by atoms with Gasteiger partial charge in [0.1, 0.15) is 13.2 Å². The van der Waals surface area contributed by atoms with E-state index in [2.05, 4.69) is 106 Å². The monoisotopic (exact) mass is 1000 g/mol. The molecule has 6 nitrogen and oxygen atoms in total. The standard InChI is InChI=1S/C66H114O6/c1-4-7-10-13-16-19-22-25-27-29-30-31-32-33-34-35-36-37-39-41-44-47-50-53-56-59-65(68)71-62-63(61-70-64(67)58-55-52-49-46-43-40-24-21-18-15-12-9-6-3)72-66(69)60-57-54-51-48-45-42-38-28-26-23-20-17-14-11-8-5-2/h12,15,20-25,28-30,32-33,38,63H,4-11,13-14,16-19,26-27,31,34-37,39-62H2,1-3H3/b15-12-,23-20-,24-21-,25-22-,30-29-,33-32-,38-28-. The van der Waals surface area contributed by atoms with E-state index in [1.165, 1.54) is 128 Å². The minimum absolute atomic E-state index is 0.0886. The second kappa shape index (κ2) is 60.1. The number of unbranched alkanes of at least 4 members (excludes halogenated alkanes) is 30. The topological polar surface area (TPSA) is 78.9 Å². The quantitative estimate of drug-likeness (QED) is 0.0261. The molecule has 0 aromatic carbocycles. The predicted octanol–water partition coefficient (Wildman–Crippen LogP) is 20.7. The zero-order valence-electron chi connectivity index (χ0n) is 47.4. The van der Waals surface area contributed by atoms with Crippen LogP contribution < -0.4 is 0 Å². The van der Waals surface area contributed by atoms with Crippen LogP contribution in [0.5, 0.6) is 0 Å². The summed E-state index contributed by atoms with van der Waals surface area (Å²) in [6, 6.07) is 0. The smallest absolute Gasteiger partial charge is 0.306 e. The predicted molar refractivity (Wildman–Crippen MR) is 311 cm³/mol. The number of allylic oxidation sites excluding steroid dienone is 14. The minimum atomic E-state index is -0.792. The number of rotatable bonds is 55. The van der Waals surface area contributed by atoms with E-state index in [0.29, 0.717) is 19.3 Å². The molecule has 0 N–H and O–H groups in total. The van der Waals surface area contributed by atoms with Crippen molar-refractivity contribution in [2.45, 2.75) is 303 Å². The Morgan fingerprint density at radius 1 is 0.278 bits per heavy atom. The van der Waals surface area contributed by atoms with Crippen molar-refractivity contribution in [2.75, 3.05) is 13.2 Å². The first-order valence-electron chi connectivity index (χ1n) is 30.6. The Hall–Kier alpha value is -3.41. The highest BCUT2D eigenvalue weighted by molar-refractivity contribution is 5.71. The van der Waals surface area contributed by atoms with E-state index in [-0.39, 0.29) is 31.1 Å². The molecule has 0 aliphatic heterocycles. The van der Waals surface area contributed by atoms with Crippen molar-refractivity contribution < 1.29 is 28.6 Å². The summed E-state index contributed by atoms with van der Waals surface area (Å²) < 4.78 is 16.9.